The Morgan fingerprint density at radius 2 is 2.00 bits per heavy atom. The van der Waals surface area contributed by atoms with Crippen LogP contribution in [0, 0.1) is 13.8 Å². The van der Waals surface area contributed by atoms with Gasteiger partial charge in [-0.3, -0.25) is 9.59 Å². The third-order valence-corrected chi connectivity index (χ3v) is 6.15. The van der Waals surface area contributed by atoms with Gasteiger partial charge in [-0.25, -0.2) is 4.79 Å². The Morgan fingerprint density at radius 3 is 2.64 bits per heavy atom. The van der Waals surface area contributed by atoms with E-state index in [0.29, 0.717) is 47.7 Å². The number of nitrogens with one attached hydrogen (secondary N) is 1. The fourth-order valence-electron chi connectivity index (χ4n) is 4.49. The van der Waals surface area contributed by atoms with Gasteiger partial charge in [-0.15, -0.1) is 0 Å². The first-order chi connectivity index (χ1) is 17.1. The minimum absolute atomic E-state index is 0.0349. The Balaban J connectivity index is 2.18. The van der Waals surface area contributed by atoms with Gasteiger partial charge in [0.25, 0.3) is 11.7 Å². The lowest BCUT2D eigenvalue weighted by Crippen LogP contribution is -2.32. The van der Waals surface area contributed by atoms with Crippen molar-refractivity contribution < 1.29 is 29.0 Å². The van der Waals surface area contributed by atoms with Gasteiger partial charge in [-0.05, 0) is 64.2 Å². The summed E-state index contributed by atoms with van der Waals surface area (Å²) in [6.45, 7) is 8.32. The van der Waals surface area contributed by atoms with Gasteiger partial charge in [0.15, 0.2) is 0 Å². The van der Waals surface area contributed by atoms with Crippen molar-refractivity contribution in [2.24, 2.45) is 0 Å². The summed E-state index contributed by atoms with van der Waals surface area (Å²) in [5.74, 6) is -1.85. The van der Waals surface area contributed by atoms with Crippen LogP contribution in [-0.2, 0) is 14.3 Å². The fourth-order valence-corrected chi connectivity index (χ4v) is 4.49. The first-order valence-electron chi connectivity index (χ1n) is 11.7. The van der Waals surface area contributed by atoms with Crippen LogP contribution in [0.4, 0.5) is 0 Å². The van der Waals surface area contributed by atoms with Gasteiger partial charge in [0, 0.05) is 17.8 Å². The van der Waals surface area contributed by atoms with Crippen molar-refractivity contribution in [3.63, 3.8) is 0 Å². The number of nitrogens with zero attached hydrogens (tertiary/aromatic N) is 2. The van der Waals surface area contributed by atoms with Gasteiger partial charge in [0.1, 0.15) is 23.8 Å². The Bertz CT molecular complexity index is 1210. The second kappa shape index (κ2) is 11.3. The van der Waals surface area contributed by atoms with Crippen molar-refractivity contribution in [3.05, 3.63) is 70.6 Å². The second-order valence-corrected chi connectivity index (χ2v) is 8.94. The predicted molar refractivity (Wildman–Crippen MR) is 136 cm³/mol. The van der Waals surface area contributed by atoms with E-state index in [-0.39, 0.29) is 17.0 Å². The summed E-state index contributed by atoms with van der Waals surface area (Å²) in [4.78, 5) is 45.1. The largest absolute Gasteiger partial charge is 0.507 e. The SMILES string of the molecule is C=CCOc1cccc(C2C(=C(O)c3c(C)[nH]c(C(=O)OC)c3C)C(=O)C(=O)N2CCCN(C)C)c1. The lowest BCUT2D eigenvalue weighted by Gasteiger charge is -2.26. The van der Waals surface area contributed by atoms with E-state index in [4.69, 9.17) is 9.47 Å². The molecule has 1 saturated heterocycles. The number of aromatic nitrogens is 1. The highest BCUT2D eigenvalue weighted by Crippen LogP contribution is 2.41. The molecule has 1 fully saturated rings. The Kier molecular flexibility index (Phi) is 8.37. The maximum absolute atomic E-state index is 13.3. The zero-order valence-electron chi connectivity index (χ0n) is 21.4. The molecule has 2 aromatic rings. The van der Waals surface area contributed by atoms with Crippen molar-refractivity contribution in [1.29, 1.82) is 0 Å². The number of amides is 1. The number of benzene rings is 1. The molecule has 9 nitrogen and oxygen atoms in total. The van der Waals surface area contributed by atoms with E-state index >= 15 is 0 Å². The van der Waals surface area contributed by atoms with Crippen LogP contribution in [0.5, 0.6) is 5.75 Å². The van der Waals surface area contributed by atoms with Crippen molar-refractivity contribution in [1.82, 2.24) is 14.8 Å². The first kappa shape index (κ1) is 26.7. The fraction of sp³-hybridized carbons (Fsp3) is 0.370. The highest BCUT2D eigenvalue weighted by Gasteiger charge is 2.46. The van der Waals surface area contributed by atoms with Gasteiger partial charge in [-0.2, -0.15) is 0 Å². The number of carbonyl (C=O) groups excluding carboxylic acids is 3. The monoisotopic (exact) mass is 495 g/mol. The number of H-pyrrole nitrogens is 1. The molecule has 1 aliphatic rings. The third-order valence-electron chi connectivity index (χ3n) is 6.15. The van der Waals surface area contributed by atoms with Gasteiger partial charge >= 0.3 is 5.97 Å². The maximum atomic E-state index is 13.3. The van der Waals surface area contributed by atoms with Crippen LogP contribution in [0.3, 0.4) is 0 Å². The summed E-state index contributed by atoms with van der Waals surface area (Å²) < 4.78 is 10.5. The molecule has 192 valence electrons. The molecule has 1 atom stereocenters. The van der Waals surface area contributed by atoms with E-state index in [2.05, 4.69) is 11.6 Å². The number of aryl methyl sites for hydroxylation is 1. The number of ether oxygens (including phenoxy) is 2. The smallest absolute Gasteiger partial charge is 0.354 e. The molecule has 1 aromatic carbocycles. The molecule has 3 rings (SSSR count). The molecule has 1 amide bonds. The number of hydrogen-bond donors (Lipinski definition) is 2. The van der Waals surface area contributed by atoms with Crippen LogP contribution in [0.15, 0.2) is 42.5 Å². The van der Waals surface area contributed by atoms with Crippen LogP contribution >= 0.6 is 0 Å². The molecule has 2 heterocycles. The zero-order valence-corrected chi connectivity index (χ0v) is 21.4. The van der Waals surface area contributed by atoms with E-state index in [1.807, 2.05) is 19.0 Å². The number of aromatic amines is 1. The van der Waals surface area contributed by atoms with Crippen molar-refractivity contribution in [3.8, 4) is 5.75 Å². The minimum atomic E-state index is -0.824. The molecular weight excluding hydrogens is 462 g/mol. The topological polar surface area (TPSA) is 112 Å². The molecule has 0 spiro atoms. The number of aliphatic hydroxyl groups is 1. The lowest BCUT2D eigenvalue weighted by molar-refractivity contribution is -0.139. The summed E-state index contributed by atoms with van der Waals surface area (Å²) in [7, 11) is 5.13. The van der Waals surface area contributed by atoms with Crippen LogP contribution in [0.2, 0.25) is 0 Å². The first-order valence-corrected chi connectivity index (χ1v) is 11.7. The number of aliphatic hydroxyl groups excluding tert-OH is 1. The Hall–Kier alpha value is -3.85. The average Bonchev–Trinajstić information content (AvgIpc) is 3.29. The maximum Gasteiger partial charge on any atom is 0.354 e. The standard InChI is InChI=1S/C27H33N3O6/c1-7-14-36-19-11-8-10-18(15-19)23-21(25(32)26(33)30(23)13-9-12-29(4)5)24(31)20-16(2)22(27(34)35-6)28-17(20)3/h7-8,10-11,15,23,28,31H,1,9,12-14H2,2-6H3. The van der Waals surface area contributed by atoms with Gasteiger partial charge in [0.2, 0.25) is 0 Å². The van der Waals surface area contributed by atoms with E-state index in [1.54, 1.807) is 44.2 Å². The number of esters is 1. The van der Waals surface area contributed by atoms with Crippen LogP contribution < -0.4 is 4.74 Å². The molecule has 0 radical (unpaired) electrons. The van der Waals surface area contributed by atoms with Gasteiger partial charge < -0.3 is 29.4 Å². The molecule has 1 aromatic heterocycles. The molecule has 36 heavy (non-hydrogen) atoms. The van der Waals surface area contributed by atoms with Crippen molar-refractivity contribution in [2.75, 3.05) is 40.9 Å². The van der Waals surface area contributed by atoms with Crippen LogP contribution in [0.25, 0.3) is 5.76 Å². The quantitative estimate of drug-likeness (QED) is 0.171. The van der Waals surface area contributed by atoms with E-state index in [1.165, 1.54) is 12.0 Å². The molecule has 0 aliphatic carbocycles. The van der Waals surface area contributed by atoms with Gasteiger partial charge in [-0.1, -0.05) is 24.8 Å². The number of hydrogen-bond acceptors (Lipinski definition) is 7. The Morgan fingerprint density at radius 1 is 1.28 bits per heavy atom. The Labute approximate surface area is 211 Å². The van der Waals surface area contributed by atoms with Crippen LogP contribution in [-0.4, -0.2) is 78.5 Å². The average molecular weight is 496 g/mol. The molecule has 9 heteroatoms. The highest BCUT2D eigenvalue weighted by atomic mass is 16.5. The lowest BCUT2D eigenvalue weighted by atomic mass is 9.94. The number of carbonyl (C=O) groups is 3. The summed E-state index contributed by atoms with van der Waals surface area (Å²) in [6.07, 6.45) is 2.26. The van der Waals surface area contributed by atoms with Gasteiger partial charge in [0.05, 0.1) is 18.7 Å². The molecule has 1 unspecified atom stereocenters. The minimum Gasteiger partial charge on any atom is -0.507 e. The summed E-state index contributed by atoms with van der Waals surface area (Å²) in [5.41, 5.74) is 1.97. The van der Waals surface area contributed by atoms with Crippen LogP contribution in [0.1, 0.15) is 45.3 Å². The summed E-state index contributed by atoms with van der Waals surface area (Å²) in [6, 6.07) is 6.27. The summed E-state index contributed by atoms with van der Waals surface area (Å²) >= 11 is 0. The number of Topliss-reactive ketones (excluding diaryl/α,β-unsaturated/α-hetero) is 1. The number of ketones is 1. The van der Waals surface area contributed by atoms with E-state index in [9.17, 15) is 19.5 Å². The van der Waals surface area contributed by atoms with E-state index < -0.39 is 23.7 Å². The second-order valence-electron chi connectivity index (χ2n) is 8.94. The zero-order chi connectivity index (χ0) is 26.6. The summed E-state index contributed by atoms with van der Waals surface area (Å²) in [5, 5.41) is 11.5. The highest BCUT2D eigenvalue weighted by molar-refractivity contribution is 6.46. The number of rotatable bonds is 10. The van der Waals surface area contributed by atoms with Crippen molar-refractivity contribution in [2.45, 2.75) is 26.3 Å². The molecule has 0 saturated carbocycles. The number of likely N-dealkylation sites (tertiary alicyclic amines) is 1. The normalized spacial score (nSPS) is 17.1. The number of methoxy groups -OCH3 is 1. The predicted octanol–water partition coefficient (Wildman–Crippen LogP) is 3.36. The molecular formula is C27H33N3O6. The molecule has 0 bridgehead atoms. The molecule has 1 aliphatic heterocycles. The van der Waals surface area contributed by atoms with Crippen molar-refractivity contribution >= 4 is 23.4 Å². The third kappa shape index (κ3) is 5.21. The van der Waals surface area contributed by atoms with E-state index in [0.717, 1.165) is 6.54 Å². The molecule has 2 N–H and O–H groups in total.